The van der Waals surface area contributed by atoms with Crippen molar-refractivity contribution in [2.24, 2.45) is 0 Å². The minimum atomic E-state index is -0.259. The molecule has 0 aliphatic heterocycles. The summed E-state index contributed by atoms with van der Waals surface area (Å²) in [6, 6.07) is 11.3. The van der Waals surface area contributed by atoms with E-state index in [1.54, 1.807) is 49.6 Å². The fourth-order valence-electron chi connectivity index (χ4n) is 1.85. The first-order valence-electron chi connectivity index (χ1n) is 6.41. The zero-order chi connectivity index (χ0) is 15.2. The molecule has 21 heavy (non-hydrogen) atoms. The maximum Gasteiger partial charge on any atom is 0.196 e. The van der Waals surface area contributed by atoms with Gasteiger partial charge >= 0.3 is 0 Å². The van der Waals surface area contributed by atoms with Crippen molar-refractivity contribution >= 4 is 5.78 Å². The van der Waals surface area contributed by atoms with Gasteiger partial charge in [0, 0.05) is 11.6 Å². The summed E-state index contributed by atoms with van der Waals surface area (Å²) in [5, 5.41) is 9.97. The van der Waals surface area contributed by atoms with Crippen molar-refractivity contribution < 1.29 is 19.4 Å². The zero-order valence-corrected chi connectivity index (χ0v) is 11.7. The molecule has 0 aliphatic carbocycles. The van der Waals surface area contributed by atoms with Gasteiger partial charge < -0.3 is 14.6 Å². The van der Waals surface area contributed by atoms with E-state index in [-0.39, 0.29) is 17.1 Å². The van der Waals surface area contributed by atoms with E-state index in [0.29, 0.717) is 23.7 Å². The molecule has 4 heteroatoms. The van der Waals surface area contributed by atoms with Crippen molar-refractivity contribution in [1.29, 1.82) is 0 Å². The minimum Gasteiger partial charge on any atom is -0.507 e. The Bertz CT molecular complexity index is 644. The first-order chi connectivity index (χ1) is 10.2. The quantitative estimate of drug-likeness (QED) is 0.653. The van der Waals surface area contributed by atoms with Gasteiger partial charge in [0.2, 0.25) is 0 Å². The van der Waals surface area contributed by atoms with Gasteiger partial charge in [-0.3, -0.25) is 4.79 Å². The molecule has 0 unspecified atom stereocenters. The maximum absolute atomic E-state index is 12.3. The smallest absolute Gasteiger partial charge is 0.196 e. The monoisotopic (exact) mass is 284 g/mol. The summed E-state index contributed by atoms with van der Waals surface area (Å²) in [4.78, 5) is 12.3. The Morgan fingerprint density at radius 3 is 2.43 bits per heavy atom. The van der Waals surface area contributed by atoms with Gasteiger partial charge in [0.05, 0.1) is 12.7 Å². The topological polar surface area (TPSA) is 55.8 Å². The van der Waals surface area contributed by atoms with Crippen LogP contribution in [-0.4, -0.2) is 24.6 Å². The second kappa shape index (κ2) is 6.61. The summed E-state index contributed by atoms with van der Waals surface area (Å²) in [5.41, 5.74) is 0.706. The van der Waals surface area contributed by atoms with Gasteiger partial charge in [-0.05, 0) is 36.4 Å². The molecule has 0 heterocycles. The van der Waals surface area contributed by atoms with Crippen LogP contribution in [0.5, 0.6) is 17.2 Å². The number of methoxy groups -OCH3 is 1. The Morgan fingerprint density at radius 1 is 1.19 bits per heavy atom. The van der Waals surface area contributed by atoms with Crippen LogP contribution in [0, 0.1) is 0 Å². The average Bonchev–Trinajstić information content (AvgIpc) is 2.52. The SMILES string of the molecule is C=CCOc1ccc(C(=O)c2ccc(OC)cc2)c(O)c1. The van der Waals surface area contributed by atoms with Crippen molar-refractivity contribution in [3.63, 3.8) is 0 Å². The molecular formula is C17H16O4. The highest BCUT2D eigenvalue weighted by molar-refractivity contribution is 6.10. The number of hydrogen-bond acceptors (Lipinski definition) is 4. The third-order valence-corrected chi connectivity index (χ3v) is 2.93. The van der Waals surface area contributed by atoms with Gasteiger partial charge in [-0.2, -0.15) is 0 Å². The molecule has 2 rings (SSSR count). The molecule has 0 fully saturated rings. The Labute approximate surface area is 123 Å². The lowest BCUT2D eigenvalue weighted by atomic mass is 10.0. The van der Waals surface area contributed by atoms with Gasteiger partial charge in [-0.1, -0.05) is 12.7 Å². The third kappa shape index (κ3) is 3.42. The van der Waals surface area contributed by atoms with Crippen molar-refractivity contribution in [3.05, 3.63) is 66.2 Å². The van der Waals surface area contributed by atoms with E-state index in [9.17, 15) is 9.90 Å². The van der Waals surface area contributed by atoms with Gasteiger partial charge in [0.25, 0.3) is 0 Å². The molecule has 0 aromatic heterocycles. The van der Waals surface area contributed by atoms with Gasteiger partial charge in [-0.15, -0.1) is 0 Å². The predicted molar refractivity (Wildman–Crippen MR) is 80.2 cm³/mol. The third-order valence-electron chi connectivity index (χ3n) is 2.93. The zero-order valence-electron chi connectivity index (χ0n) is 11.7. The number of hydrogen-bond donors (Lipinski definition) is 1. The highest BCUT2D eigenvalue weighted by Gasteiger charge is 2.14. The molecule has 0 atom stereocenters. The summed E-state index contributed by atoms with van der Waals surface area (Å²) in [5.74, 6) is 0.783. The van der Waals surface area contributed by atoms with Crippen molar-refractivity contribution in [2.75, 3.05) is 13.7 Å². The molecule has 0 saturated heterocycles. The highest BCUT2D eigenvalue weighted by Crippen LogP contribution is 2.26. The molecule has 2 aromatic carbocycles. The largest absolute Gasteiger partial charge is 0.507 e. The molecule has 2 aromatic rings. The normalized spacial score (nSPS) is 9.95. The van der Waals surface area contributed by atoms with Crippen LogP contribution in [0.25, 0.3) is 0 Å². The van der Waals surface area contributed by atoms with Crippen LogP contribution in [-0.2, 0) is 0 Å². The molecule has 0 spiro atoms. The molecular weight excluding hydrogens is 268 g/mol. The number of ether oxygens (including phenoxy) is 2. The van der Waals surface area contributed by atoms with Crippen LogP contribution in [0.3, 0.4) is 0 Å². The number of aromatic hydroxyl groups is 1. The van der Waals surface area contributed by atoms with Crippen LogP contribution in [0.15, 0.2) is 55.1 Å². The summed E-state index contributed by atoms with van der Waals surface area (Å²) >= 11 is 0. The summed E-state index contributed by atoms with van der Waals surface area (Å²) in [6.07, 6.45) is 1.60. The van der Waals surface area contributed by atoms with Crippen LogP contribution in [0.1, 0.15) is 15.9 Å². The number of rotatable bonds is 6. The second-order valence-electron chi connectivity index (χ2n) is 4.34. The lowest BCUT2D eigenvalue weighted by Crippen LogP contribution is -2.02. The van der Waals surface area contributed by atoms with Crippen molar-refractivity contribution in [3.8, 4) is 17.2 Å². The molecule has 0 saturated carbocycles. The van der Waals surface area contributed by atoms with Crippen molar-refractivity contribution in [1.82, 2.24) is 0 Å². The van der Waals surface area contributed by atoms with Crippen LogP contribution in [0.2, 0.25) is 0 Å². The minimum absolute atomic E-state index is 0.114. The molecule has 108 valence electrons. The van der Waals surface area contributed by atoms with E-state index in [1.807, 2.05) is 0 Å². The standard InChI is InChI=1S/C17H16O4/c1-3-10-21-14-8-9-15(16(18)11-14)17(19)12-4-6-13(20-2)7-5-12/h3-9,11,18H,1,10H2,2H3. The average molecular weight is 284 g/mol. The van der Waals surface area contributed by atoms with Crippen molar-refractivity contribution in [2.45, 2.75) is 0 Å². The number of carbonyl (C=O) groups is 1. The first kappa shape index (κ1) is 14.7. The van der Waals surface area contributed by atoms with Crippen LogP contribution < -0.4 is 9.47 Å². The van der Waals surface area contributed by atoms with E-state index >= 15 is 0 Å². The lowest BCUT2D eigenvalue weighted by Gasteiger charge is -2.08. The number of benzene rings is 2. The van der Waals surface area contributed by atoms with Gasteiger partial charge in [0.1, 0.15) is 23.9 Å². The Morgan fingerprint density at radius 2 is 1.86 bits per heavy atom. The van der Waals surface area contributed by atoms with Gasteiger partial charge in [0.15, 0.2) is 5.78 Å². The highest BCUT2D eigenvalue weighted by atomic mass is 16.5. The summed E-state index contributed by atoms with van der Waals surface area (Å²) in [6.45, 7) is 3.88. The lowest BCUT2D eigenvalue weighted by molar-refractivity contribution is 0.103. The Balaban J connectivity index is 2.23. The summed E-state index contributed by atoms with van der Waals surface area (Å²) < 4.78 is 10.3. The number of phenolic OH excluding ortho intramolecular Hbond substituents is 1. The number of carbonyl (C=O) groups excluding carboxylic acids is 1. The molecule has 0 radical (unpaired) electrons. The molecule has 0 amide bonds. The maximum atomic E-state index is 12.3. The molecule has 0 bridgehead atoms. The predicted octanol–water partition coefficient (Wildman–Crippen LogP) is 3.20. The molecule has 0 aliphatic rings. The fraction of sp³-hybridized carbons (Fsp3) is 0.118. The van der Waals surface area contributed by atoms with E-state index < -0.39 is 0 Å². The fourth-order valence-corrected chi connectivity index (χ4v) is 1.85. The Kier molecular flexibility index (Phi) is 4.61. The number of phenols is 1. The van der Waals surface area contributed by atoms with Gasteiger partial charge in [-0.25, -0.2) is 0 Å². The van der Waals surface area contributed by atoms with E-state index in [1.165, 1.54) is 6.07 Å². The van der Waals surface area contributed by atoms with E-state index in [4.69, 9.17) is 9.47 Å². The Hall–Kier alpha value is -2.75. The molecule has 4 nitrogen and oxygen atoms in total. The van der Waals surface area contributed by atoms with Crippen LogP contribution >= 0.6 is 0 Å². The van der Waals surface area contributed by atoms with E-state index in [2.05, 4.69) is 6.58 Å². The first-order valence-corrected chi connectivity index (χ1v) is 6.41. The summed E-state index contributed by atoms with van der Waals surface area (Å²) in [7, 11) is 1.56. The molecule has 1 N–H and O–H groups in total. The number of ketones is 1. The second-order valence-corrected chi connectivity index (χ2v) is 4.34. The van der Waals surface area contributed by atoms with Crippen LogP contribution in [0.4, 0.5) is 0 Å². The van der Waals surface area contributed by atoms with E-state index in [0.717, 1.165) is 0 Å².